The summed E-state index contributed by atoms with van der Waals surface area (Å²) in [5.41, 5.74) is 0. The van der Waals surface area contributed by atoms with Crippen LogP contribution < -0.4 is 0 Å². The van der Waals surface area contributed by atoms with Gasteiger partial charge in [0.15, 0.2) is 0 Å². The zero-order chi connectivity index (χ0) is 12.8. The Kier molecular flexibility index (Phi) is 5.64. The highest BCUT2D eigenvalue weighted by molar-refractivity contribution is 9.10. The Hall–Kier alpha value is -0.880. The number of amides is 1. The molecule has 1 amide bonds. The molecule has 0 aliphatic heterocycles. The van der Waals surface area contributed by atoms with Crippen molar-refractivity contribution in [2.45, 2.75) is 13.8 Å². The van der Waals surface area contributed by atoms with E-state index in [0.717, 1.165) is 4.47 Å². The minimum atomic E-state index is -0.379. The number of rotatable bonds is 5. The smallest absolute Gasteiger partial charge is 0.325 e. The number of hydrogen-bond donors (Lipinski definition) is 0. The molecular formula is C11H14BrNO3S. The predicted molar refractivity (Wildman–Crippen MR) is 70.2 cm³/mol. The van der Waals surface area contributed by atoms with E-state index in [1.807, 2.05) is 18.4 Å². The van der Waals surface area contributed by atoms with Crippen LogP contribution in [0, 0.1) is 0 Å². The molecule has 0 atom stereocenters. The largest absolute Gasteiger partial charge is 0.465 e. The number of nitrogens with zero attached hydrogens (tertiary/aromatic N) is 1. The van der Waals surface area contributed by atoms with Crippen LogP contribution in [0.2, 0.25) is 0 Å². The lowest BCUT2D eigenvalue weighted by Crippen LogP contribution is -2.36. The van der Waals surface area contributed by atoms with E-state index in [-0.39, 0.29) is 18.4 Å². The number of thiophene rings is 1. The summed E-state index contributed by atoms with van der Waals surface area (Å²) in [5, 5.41) is 1.83. The molecule has 4 nitrogen and oxygen atoms in total. The summed E-state index contributed by atoms with van der Waals surface area (Å²) in [6.07, 6.45) is 0. The first-order chi connectivity index (χ1) is 8.10. The van der Waals surface area contributed by atoms with Crippen molar-refractivity contribution in [1.82, 2.24) is 4.90 Å². The molecule has 0 radical (unpaired) electrons. The Labute approximate surface area is 113 Å². The van der Waals surface area contributed by atoms with E-state index < -0.39 is 0 Å². The van der Waals surface area contributed by atoms with Gasteiger partial charge in [-0.15, -0.1) is 11.3 Å². The maximum absolute atomic E-state index is 12.1. The number of carbonyl (C=O) groups excluding carboxylic acids is 2. The summed E-state index contributed by atoms with van der Waals surface area (Å²) < 4.78 is 5.59. The Morgan fingerprint density at radius 1 is 1.47 bits per heavy atom. The molecule has 0 fully saturated rings. The van der Waals surface area contributed by atoms with Crippen molar-refractivity contribution in [3.8, 4) is 0 Å². The highest BCUT2D eigenvalue weighted by Gasteiger charge is 2.20. The summed E-state index contributed by atoms with van der Waals surface area (Å²) >= 11 is 4.66. The van der Waals surface area contributed by atoms with Crippen LogP contribution in [-0.4, -0.2) is 36.5 Å². The normalized spacial score (nSPS) is 10.1. The van der Waals surface area contributed by atoms with Gasteiger partial charge in [0, 0.05) is 11.0 Å². The Balaban J connectivity index is 2.71. The standard InChI is InChI=1S/C11H14BrNO3S/c1-3-13(7-9(14)16-4-2)11(15)10-8(12)5-6-17-10/h5-6H,3-4,7H2,1-2H3. The molecule has 1 rings (SSSR count). The lowest BCUT2D eigenvalue weighted by molar-refractivity contribution is -0.143. The molecule has 17 heavy (non-hydrogen) atoms. The van der Waals surface area contributed by atoms with Crippen molar-refractivity contribution in [3.63, 3.8) is 0 Å². The van der Waals surface area contributed by atoms with Crippen LogP contribution in [0.1, 0.15) is 23.5 Å². The van der Waals surface area contributed by atoms with Crippen LogP contribution in [0.5, 0.6) is 0 Å². The van der Waals surface area contributed by atoms with Gasteiger partial charge in [0.25, 0.3) is 5.91 Å². The highest BCUT2D eigenvalue weighted by atomic mass is 79.9. The van der Waals surface area contributed by atoms with Crippen molar-refractivity contribution >= 4 is 39.1 Å². The Bertz CT molecular complexity index is 405. The fraction of sp³-hybridized carbons (Fsp3) is 0.455. The first kappa shape index (κ1) is 14.2. The van der Waals surface area contributed by atoms with Gasteiger partial charge in [0.05, 0.1) is 6.61 Å². The van der Waals surface area contributed by atoms with E-state index in [2.05, 4.69) is 15.9 Å². The van der Waals surface area contributed by atoms with Crippen LogP contribution in [0.4, 0.5) is 0 Å². The van der Waals surface area contributed by atoms with Gasteiger partial charge in [-0.2, -0.15) is 0 Å². The molecule has 1 heterocycles. The van der Waals surface area contributed by atoms with Crippen molar-refractivity contribution < 1.29 is 14.3 Å². The molecule has 0 aliphatic rings. The van der Waals surface area contributed by atoms with Gasteiger partial charge >= 0.3 is 5.97 Å². The quantitative estimate of drug-likeness (QED) is 0.783. The minimum Gasteiger partial charge on any atom is -0.465 e. The minimum absolute atomic E-state index is 0.00644. The molecule has 94 valence electrons. The van der Waals surface area contributed by atoms with Crippen molar-refractivity contribution in [3.05, 3.63) is 20.8 Å². The maximum atomic E-state index is 12.1. The summed E-state index contributed by atoms with van der Waals surface area (Å²) in [4.78, 5) is 25.5. The molecule has 0 aliphatic carbocycles. The van der Waals surface area contributed by atoms with Crippen molar-refractivity contribution in [1.29, 1.82) is 0 Å². The molecule has 0 unspecified atom stereocenters. The fourth-order valence-corrected chi connectivity index (χ4v) is 2.79. The van der Waals surface area contributed by atoms with Crippen LogP contribution in [0.25, 0.3) is 0 Å². The monoisotopic (exact) mass is 319 g/mol. The molecule has 0 saturated heterocycles. The number of esters is 1. The molecule has 1 aromatic rings. The van der Waals surface area contributed by atoms with E-state index in [4.69, 9.17) is 4.74 Å². The van der Waals surface area contributed by atoms with Gasteiger partial charge in [-0.1, -0.05) is 0 Å². The van der Waals surface area contributed by atoms with Gasteiger partial charge in [0.1, 0.15) is 11.4 Å². The van der Waals surface area contributed by atoms with E-state index >= 15 is 0 Å². The van der Waals surface area contributed by atoms with Gasteiger partial charge in [0.2, 0.25) is 0 Å². The number of ether oxygens (including phenoxy) is 1. The molecule has 0 aromatic carbocycles. The number of hydrogen-bond acceptors (Lipinski definition) is 4. The van der Waals surface area contributed by atoms with Crippen molar-refractivity contribution in [2.75, 3.05) is 19.7 Å². The average Bonchev–Trinajstić information content (AvgIpc) is 2.72. The van der Waals surface area contributed by atoms with Crippen molar-refractivity contribution in [2.24, 2.45) is 0 Å². The van der Waals surface area contributed by atoms with Gasteiger partial charge in [-0.25, -0.2) is 0 Å². The molecule has 0 spiro atoms. The molecular weight excluding hydrogens is 306 g/mol. The summed E-state index contributed by atoms with van der Waals surface area (Å²) in [6, 6.07) is 1.82. The van der Waals surface area contributed by atoms with Gasteiger partial charge in [-0.05, 0) is 41.2 Å². The number of likely N-dealkylation sites (N-methyl/N-ethyl adjacent to an activating group) is 1. The molecule has 0 saturated carbocycles. The second-order valence-corrected chi connectivity index (χ2v) is 4.99. The summed E-state index contributed by atoms with van der Waals surface area (Å²) in [7, 11) is 0. The summed E-state index contributed by atoms with van der Waals surface area (Å²) in [6.45, 7) is 4.37. The maximum Gasteiger partial charge on any atom is 0.325 e. The van der Waals surface area contributed by atoms with E-state index in [9.17, 15) is 9.59 Å². The lowest BCUT2D eigenvalue weighted by Gasteiger charge is -2.19. The number of halogens is 1. The fourth-order valence-electron chi connectivity index (χ4n) is 1.28. The highest BCUT2D eigenvalue weighted by Crippen LogP contribution is 2.24. The van der Waals surface area contributed by atoms with E-state index in [1.54, 1.807) is 6.92 Å². The molecule has 0 bridgehead atoms. The molecule has 6 heteroatoms. The molecule has 1 aromatic heterocycles. The van der Waals surface area contributed by atoms with Crippen LogP contribution in [-0.2, 0) is 9.53 Å². The second-order valence-electron chi connectivity index (χ2n) is 3.22. The third-order valence-corrected chi connectivity index (χ3v) is 3.93. The Morgan fingerprint density at radius 2 is 2.18 bits per heavy atom. The third kappa shape index (κ3) is 3.81. The summed E-state index contributed by atoms with van der Waals surface area (Å²) in [5.74, 6) is -0.530. The van der Waals surface area contributed by atoms with Crippen LogP contribution in [0.3, 0.4) is 0 Å². The zero-order valence-electron chi connectivity index (χ0n) is 9.73. The first-order valence-corrected chi connectivity index (χ1v) is 6.95. The van der Waals surface area contributed by atoms with Crippen LogP contribution >= 0.6 is 27.3 Å². The van der Waals surface area contributed by atoms with E-state index in [1.165, 1.54) is 16.2 Å². The predicted octanol–water partition coefficient (Wildman–Crippen LogP) is 2.54. The SMILES string of the molecule is CCOC(=O)CN(CC)C(=O)c1sccc1Br. The Morgan fingerprint density at radius 3 is 2.65 bits per heavy atom. The van der Waals surface area contributed by atoms with Crippen LogP contribution in [0.15, 0.2) is 15.9 Å². The molecule has 0 N–H and O–H groups in total. The van der Waals surface area contributed by atoms with Gasteiger partial charge < -0.3 is 9.64 Å². The third-order valence-electron chi connectivity index (χ3n) is 2.11. The topological polar surface area (TPSA) is 46.6 Å². The van der Waals surface area contributed by atoms with E-state index in [0.29, 0.717) is 18.0 Å². The van der Waals surface area contributed by atoms with Gasteiger partial charge in [-0.3, -0.25) is 9.59 Å². The average molecular weight is 320 g/mol. The lowest BCUT2D eigenvalue weighted by atomic mass is 10.4. The second kappa shape index (κ2) is 6.76. The number of carbonyl (C=O) groups is 2. The first-order valence-electron chi connectivity index (χ1n) is 5.28. The zero-order valence-corrected chi connectivity index (χ0v) is 12.1.